The fourth-order valence-electron chi connectivity index (χ4n) is 2.03. The quantitative estimate of drug-likeness (QED) is 0.628. The lowest BCUT2D eigenvalue weighted by Gasteiger charge is -2.06. The van der Waals surface area contributed by atoms with Crippen LogP contribution in [0.2, 0.25) is 5.02 Å². The van der Waals surface area contributed by atoms with E-state index in [4.69, 9.17) is 20.8 Å². The van der Waals surface area contributed by atoms with Crippen molar-refractivity contribution in [1.82, 2.24) is 0 Å². The van der Waals surface area contributed by atoms with Gasteiger partial charge in [0.25, 0.3) is 0 Å². The Morgan fingerprint density at radius 2 is 1.94 bits per heavy atom. The van der Waals surface area contributed by atoms with Crippen molar-refractivity contribution in [2.75, 3.05) is 7.11 Å². The number of rotatable bonds is 1. The first-order chi connectivity index (χ1) is 8.72. The van der Waals surface area contributed by atoms with Gasteiger partial charge in [-0.25, -0.2) is 0 Å². The molecule has 90 valence electrons. The summed E-state index contributed by atoms with van der Waals surface area (Å²) in [5.74, 6) is 0.503. The molecule has 3 rings (SSSR count). The van der Waals surface area contributed by atoms with E-state index in [-0.39, 0.29) is 5.43 Å². The number of para-hydroxylation sites is 1. The van der Waals surface area contributed by atoms with Crippen LogP contribution in [0, 0.1) is 0 Å². The zero-order chi connectivity index (χ0) is 12.7. The summed E-state index contributed by atoms with van der Waals surface area (Å²) in [6.07, 6.45) is 0. The largest absolute Gasteiger partial charge is 0.496 e. The van der Waals surface area contributed by atoms with Crippen molar-refractivity contribution in [3.05, 3.63) is 51.6 Å². The van der Waals surface area contributed by atoms with E-state index < -0.39 is 0 Å². The van der Waals surface area contributed by atoms with Crippen LogP contribution in [0.15, 0.2) is 45.6 Å². The highest BCUT2D eigenvalue weighted by molar-refractivity contribution is 6.34. The minimum absolute atomic E-state index is 0.133. The SMILES string of the molecule is COc1cccc2oc3c(Cl)cccc3c(=O)c12. The summed E-state index contributed by atoms with van der Waals surface area (Å²) in [6, 6.07) is 10.3. The smallest absolute Gasteiger partial charge is 0.204 e. The summed E-state index contributed by atoms with van der Waals surface area (Å²) in [5.41, 5.74) is 0.746. The van der Waals surface area contributed by atoms with Crippen molar-refractivity contribution in [2.45, 2.75) is 0 Å². The van der Waals surface area contributed by atoms with Crippen molar-refractivity contribution in [3.63, 3.8) is 0 Å². The summed E-state index contributed by atoms with van der Waals surface area (Å²) < 4.78 is 10.9. The molecule has 1 heterocycles. The van der Waals surface area contributed by atoms with Crippen LogP contribution < -0.4 is 10.2 Å². The summed E-state index contributed by atoms with van der Waals surface area (Å²) in [7, 11) is 1.52. The Kier molecular flexibility index (Phi) is 2.49. The van der Waals surface area contributed by atoms with E-state index >= 15 is 0 Å². The first-order valence-electron chi connectivity index (χ1n) is 5.40. The number of hydrogen-bond donors (Lipinski definition) is 0. The maximum atomic E-state index is 12.4. The summed E-state index contributed by atoms with van der Waals surface area (Å²) in [4.78, 5) is 12.4. The van der Waals surface area contributed by atoms with E-state index in [0.717, 1.165) is 0 Å². The average Bonchev–Trinajstić information content (AvgIpc) is 2.39. The fourth-order valence-corrected chi connectivity index (χ4v) is 2.24. The number of halogens is 1. The summed E-state index contributed by atoms with van der Waals surface area (Å²) >= 11 is 6.04. The average molecular weight is 261 g/mol. The lowest BCUT2D eigenvalue weighted by Crippen LogP contribution is -2.04. The third kappa shape index (κ3) is 1.48. The number of fused-ring (bicyclic) bond motifs is 2. The van der Waals surface area contributed by atoms with Crippen LogP contribution in [-0.2, 0) is 0 Å². The molecule has 0 N–H and O–H groups in total. The molecule has 0 saturated heterocycles. The van der Waals surface area contributed by atoms with Crippen molar-refractivity contribution in [3.8, 4) is 5.75 Å². The van der Waals surface area contributed by atoms with Gasteiger partial charge in [0, 0.05) is 0 Å². The molecule has 0 unspecified atom stereocenters. The Balaban J connectivity index is 2.62. The number of ether oxygens (including phenoxy) is 1. The number of methoxy groups -OCH3 is 1. The summed E-state index contributed by atoms with van der Waals surface area (Å²) in [5, 5.41) is 1.32. The zero-order valence-electron chi connectivity index (χ0n) is 9.57. The molecule has 0 bridgehead atoms. The van der Waals surface area contributed by atoms with Crippen molar-refractivity contribution < 1.29 is 9.15 Å². The molecule has 0 saturated carbocycles. The van der Waals surface area contributed by atoms with Gasteiger partial charge < -0.3 is 9.15 Å². The Morgan fingerprint density at radius 1 is 1.17 bits per heavy atom. The first kappa shape index (κ1) is 11.1. The topological polar surface area (TPSA) is 39.4 Å². The molecule has 0 spiro atoms. The minimum Gasteiger partial charge on any atom is -0.496 e. The van der Waals surface area contributed by atoms with E-state index in [1.54, 1.807) is 36.4 Å². The fraction of sp³-hybridized carbons (Fsp3) is 0.0714. The van der Waals surface area contributed by atoms with E-state index in [2.05, 4.69) is 0 Å². The van der Waals surface area contributed by atoms with Crippen molar-refractivity contribution in [1.29, 1.82) is 0 Å². The van der Waals surface area contributed by atoms with Gasteiger partial charge in [0.05, 0.1) is 17.5 Å². The molecule has 3 aromatic rings. The molecule has 0 atom stereocenters. The van der Waals surface area contributed by atoms with Crippen LogP contribution in [0.25, 0.3) is 21.9 Å². The Bertz CT molecular complexity index is 805. The zero-order valence-corrected chi connectivity index (χ0v) is 10.3. The van der Waals surface area contributed by atoms with E-state index in [9.17, 15) is 4.79 Å². The number of hydrogen-bond acceptors (Lipinski definition) is 3. The molecule has 3 nitrogen and oxygen atoms in total. The highest BCUT2D eigenvalue weighted by atomic mass is 35.5. The predicted octanol–water partition coefficient (Wildman–Crippen LogP) is 3.61. The first-order valence-corrected chi connectivity index (χ1v) is 5.78. The Morgan fingerprint density at radius 3 is 2.72 bits per heavy atom. The third-order valence-electron chi connectivity index (χ3n) is 2.86. The van der Waals surface area contributed by atoms with E-state index in [0.29, 0.717) is 32.7 Å². The van der Waals surface area contributed by atoms with Gasteiger partial charge in [-0.3, -0.25) is 4.79 Å². The van der Waals surface area contributed by atoms with Gasteiger partial charge in [0.15, 0.2) is 5.58 Å². The predicted molar refractivity (Wildman–Crippen MR) is 71.6 cm³/mol. The van der Waals surface area contributed by atoms with Crippen molar-refractivity contribution in [2.24, 2.45) is 0 Å². The molecule has 18 heavy (non-hydrogen) atoms. The standard InChI is InChI=1S/C14H9ClO3/c1-17-10-6-3-7-11-12(10)13(16)8-4-2-5-9(15)14(8)18-11/h2-7H,1H3. The monoisotopic (exact) mass is 260 g/mol. The van der Waals surface area contributed by atoms with Gasteiger partial charge in [0.2, 0.25) is 5.43 Å². The molecule has 1 aromatic heterocycles. The Hall–Kier alpha value is -2.00. The third-order valence-corrected chi connectivity index (χ3v) is 3.16. The van der Waals surface area contributed by atoms with Crippen LogP contribution in [0.1, 0.15) is 0 Å². The highest BCUT2D eigenvalue weighted by Gasteiger charge is 2.13. The van der Waals surface area contributed by atoms with Crippen LogP contribution >= 0.6 is 11.6 Å². The number of benzene rings is 2. The van der Waals surface area contributed by atoms with Gasteiger partial charge in [-0.15, -0.1) is 0 Å². The van der Waals surface area contributed by atoms with Crippen molar-refractivity contribution >= 4 is 33.5 Å². The maximum absolute atomic E-state index is 12.4. The molecule has 0 aliphatic heterocycles. The van der Waals surface area contributed by atoms with Crippen LogP contribution in [-0.4, -0.2) is 7.11 Å². The highest BCUT2D eigenvalue weighted by Crippen LogP contribution is 2.28. The molecule has 0 aliphatic rings. The van der Waals surface area contributed by atoms with Crippen LogP contribution in [0.4, 0.5) is 0 Å². The van der Waals surface area contributed by atoms with Gasteiger partial charge in [-0.05, 0) is 24.3 Å². The maximum Gasteiger partial charge on any atom is 0.204 e. The molecular weight excluding hydrogens is 252 g/mol. The lowest BCUT2D eigenvalue weighted by atomic mass is 10.1. The van der Waals surface area contributed by atoms with Crippen LogP contribution in [0.3, 0.4) is 0 Å². The minimum atomic E-state index is -0.133. The second kappa shape index (κ2) is 4.03. The van der Waals surface area contributed by atoms with Gasteiger partial charge in [-0.1, -0.05) is 23.7 Å². The molecule has 4 heteroatoms. The van der Waals surface area contributed by atoms with E-state index in [1.165, 1.54) is 7.11 Å². The second-order valence-electron chi connectivity index (χ2n) is 3.88. The van der Waals surface area contributed by atoms with Gasteiger partial charge >= 0.3 is 0 Å². The normalized spacial score (nSPS) is 11.0. The molecule has 0 radical (unpaired) electrons. The van der Waals surface area contributed by atoms with E-state index in [1.807, 2.05) is 0 Å². The molecule has 0 fully saturated rings. The van der Waals surface area contributed by atoms with Gasteiger partial charge in [0.1, 0.15) is 16.7 Å². The van der Waals surface area contributed by atoms with Gasteiger partial charge in [-0.2, -0.15) is 0 Å². The molecular formula is C14H9ClO3. The van der Waals surface area contributed by atoms with Crippen LogP contribution in [0.5, 0.6) is 5.75 Å². The summed E-state index contributed by atoms with van der Waals surface area (Å²) in [6.45, 7) is 0. The lowest BCUT2D eigenvalue weighted by molar-refractivity contribution is 0.419. The molecule has 0 aliphatic carbocycles. The molecule has 0 amide bonds. The Labute approximate surface area is 108 Å². The second-order valence-corrected chi connectivity index (χ2v) is 4.29. The molecule has 2 aromatic carbocycles.